The molecule has 0 heterocycles. The minimum absolute atomic E-state index is 0.356. The van der Waals surface area contributed by atoms with Crippen molar-refractivity contribution in [2.24, 2.45) is 5.41 Å². The van der Waals surface area contributed by atoms with Crippen LogP contribution in [0, 0.1) is 5.41 Å². The van der Waals surface area contributed by atoms with Gasteiger partial charge in [0.25, 0.3) is 0 Å². The summed E-state index contributed by atoms with van der Waals surface area (Å²) in [5, 5.41) is 32.8. The van der Waals surface area contributed by atoms with Gasteiger partial charge in [0.05, 0.1) is 38.4 Å². The zero-order valence-corrected chi connectivity index (χ0v) is 7.36. The lowest BCUT2D eigenvalue weighted by molar-refractivity contribution is 0.00304. The Morgan fingerprint density at radius 3 is 1.54 bits per heavy atom. The zero-order valence-electron chi connectivity index (χ0n) is 14.4. The largest absolute Gasteiger partial charge is 0.396 e. The van der Waals surface area contributed by atoms with Crippen LogP contribution >= 0.6 is 0 Å². The van der Waals surface area contributed by atoms with Crippen LogP contribution in [0.25, 0.3) is 0 Å². The average molecular weight is 203 g/mol. The van der Waals surface area contributed by atoms with Crippen molar-refractivity contribution < 1.29 is 32.4 Å². The Balaban J connectivity index is 0. The molecule has 0 fully saturated rings. The topological polar surface area (TPSA) is 101 Å². The normalized spacial score (nSPS) is 22.9. The standard InChI is InChI=1S/C6H14O3.C2H6O2/c1-2-6(3-7,4-8)5-9;3-1-2-4/h7-9H,2-5H2,1H3;3-4H,1-2H2/i2D;1D2,2D2,3D,4D. The number of hydrogen-bond donors (Lipinski definition) is 5. The third kappa shape index (κ3) is 6.92. The third-order valence-electron chi connectivity index (χ3n) is 1.60. The van der Waals surface area contributed by atoms with Crippen LogP contribution in [-0.2, 0) is 0 Å². The van der Waals surface area contributed by atoms with Crippen LogP contribution in [0.15, 0.2) is 0 Å². The quantitative estimate of drug-likeness (QED) is 0.340. The number of rotatable bonds is 7. The van der Waals surface area contributed by atoms with Crippen LogP contribution in [0.1, 0.15) is 20.2 Å². The minimum Gasteiger partial charge on any atom is -0.396 e. The minimum atomic E-state index is -2.92. The molecule has 82 valence electrons. The number of aliphatic hydroxyl groups is 5. The number of aliphatic hydroxyl groups excluding tert-OH is 3. The van der Waals surface area contributed by atoms with Crippen molar-refractivity contribution in [1.82, 2.24) is 0 Å². The summed E-state index contributed by atoms with van der Waals surface area (Å²) in [5.41, 5.74) is -1.04. The van der Waals surface area contributed by atoms with Gasteiger partial charge in [-0.1, -0.05) is 6.92 Å². The molecule has 0 radical (unpaired) electrons. The Bertz CT molecular complexity index is 237. The summed E-state index contributed by atoms with van der Waals surface area (Å²) < 4.78 is 45.8. The van der Waals surface area contributed by atoms with Crippen molar-refractivity contribution in [3.8, 4) is 0 Å². The maximum atomic E-state index is 8.71. The Hall–Kier alpha value is -0.200. The summed E-state index contributed by atoms with van der Waals surface area (Å²) >= 11 is 0. The van der Waals surface area contributed by atoms with Gasteiger partial charge >= 0.3 is 0 Å². The molecule has 0 spiro atoms. The van der Waals surface area contributed by atoms with E-state index in [0.29, 0.717) is 0 Å². The van der Waals surface area contributed by atoms with E-state index in [1.165, 1.54) is 6.92 Å². The Morgan fingerprint density at radius 1 is 1.08 bits per heavy atom. The maximum absolute atomic E-state index is 8.71. The van der Waals surface area contributed by atoms with Gasteiger partial charge in [0, 0.05) is 6.79 Å². The summed E-state index contributed by atoms with van der Waals surface area (Å²) in [7, 11) is 0. The number of hydrogen-bond acceptors (Lipinski definition) is 5. The molecule has 5 N–H and O–H groups in total. The van der Waals surface area contributed by atoms with Gasteiger partial charge in [0.2, 0.25) is 2.86 Å². The van der Waals surface area contributed by atoms with Crippen LogP contribution in [0.4, 0.5) is 0 Å². The highest BCUT2D eigenvalue weighted by Crippen LogP contribution is 2.18. The van der Waals surface area contributed by atoms with Crippen LogP contribution in [0.3, 0.4) is 0 Å². The summed E-state index contributed by atoms with van der Waals surface area (Å²) in [5.74, 6) is 0. The van der Waals surface area contributed by atoms with E-state index in [1.54, 1.807) is 0 Å². The van der Waals surface area contributed by atoms with Crippen molar-refractivity contribution in [3.05, 3.63) is 0 Å². The molecule has 0 aliphatic carbocycles. The smallest absolute Gasteiger partial charge is 0.210 e. The second kappa shape index (κ2) is 9.88. The van der Waals surface area contributed by atoms with Gasteiger partial charge in [-0.05, 0) is 6.40 Å². The fraction of sp³-hybridized carbons (Fsp3) is 1.00. The van der Waals surface area contributed by atoms with Gasteiger partial charge in [0.15, 0.2) is 0 Å². The van der Waals surface area contributed by atoms with Gasteiger partial charge in [-0.25, -0.2) is 0 Å². The molecule has 13 heavy (non-hydrogen) atoms. The lowest BCUT2D eigenvalue weighted by Gasteiger charge is -2.24. The van der Waals surface area contributed by atoms with Gasteiger partial charge in [0.1, 0.15) is 0 Å². The monoisotopic (exact) mass is 203 g/mol. The highest BCUT2D eigenvalue weighted by atomic mass is 16.3. The van der Waals surface area contributed by atoms with E-state index in [2.05, 4.69) is 10.2 Å². The lowest BCUT2D eigenvalue weighted by atomic mass is 9.88. The second-order valence-corrected chi connectivity index (χ2v) is 2.33. The summed E-state index contributed by atoms with van der Waals surface area (Å²) in [4.78, 5) is 0. The highest BCUT2D eigenvalue weighted by Gasteiger charge is 2.24. The molecule has 0 aromatic carbocycles. The van der Waals surface area contributed by atoms with Crippen LogP contribution < -0.4 is 0 Å². The van der Waals surface area contributed by atoms with Crippen LogP contribution in [-0.4, -0.2) is 61.3 Å². The fourth-order valence-corrected chi connectivity index (χ4v) is 0.424. The molecule has 1 unspecified atom stereocenters. The van der Waals surface area contributed by atoms with E-state index in [0.717, 1.165) is 0 Å². The van der Waals surface area contributed by atoms with Crippen molar-refractivity contribution >= 4 is 0 Å². The first kappa shape index (κ1) is 5.63. The predicted molar refractivity (Wildman–Crippen MR) is 48.2 cm³/mol. The third-order valence-corrected chi connectivity index (χ3v) is 1.60. The first-order chi connectivity index (χ1) is 9.00. The molecule has 0 aromatic rings. The molecule has 0 aliphatic heterocycles. The van der Waals surface area contributed by atoms with Crippen molar-refractivity contribution in [3.63, 3.8) is 0 Å². The van der Waals surface area contributed by atoms with E-state index in [1.807, 2.05) is 0 Å². The van der Waals surface area contributed by atoms with E-state index in [4.69, 9.17) is 25.0 Å². The fourth-order valence-electron chi connectivity index (χ4n) is 0.424. The maximum Gasteiger partial charge on any atom is 0.210 e. The van der Waals surface area contributed by atoms with Gasteiger partial charge in [-0.3, -0.25) is 0 Å². The van der Waals surface area contributed by atoms with Crippen molar-refractivity contribution in [1.29, 1.82) is 2.86 Å². The van der Waals surface area contributed by atoms with E-state index < -0.39 is 24.9 Å². The first-order valence-corrected chi connectivity index (χ1v) is 3.53. The highest BCUT2D eigenvalue weighted by molar-refractivity contribution is 4.74. The summed E-state index contributed by atoms with van der Waals surface area (Å²) in [6.07, 6.45) is -0.660. The average Bonchev–Trinajstić information content (AvgIpc) is 2.41. The Labute approximate surface area is 88.3 Å². The molecule has 5 heteroatoms. The van der Waals surface area contributed by atoms with E-state index in [9.17, 15) is 0 Å². The Morgan fingerprint density at radius 2 is 1.46 bits per heavy atom. The molecule has 0 saturated heterocycles. The lowest BCUT2D eigenvalue weighted by Crippen LogP contribution is -2.32. The molecule has 0 amide bonds. The molecule has 0 bridgehead atoms. The first-order valence-electron chi connectivity index (χ1n) is 6.93. The Kier molecular flexibility index (Phi) is 4.28. The molecule has 0 saturated carbocycles. The van der Waals surface area contributed by atoms with Gasteiger partial charge in [-0.15, -0.1) is 0 Å². The van der Waals surface area contributed by atoms with E-state index in [-0.39, 0.29) is 19.8 Å². The molecule has 0 aliphatic rings. The predicted octanol–water partition coefficient (Wildman–Crippen LogP) is -1.67. The molecular formula is C8H20O5. The molecule has 5 nitrogen and oxygen atoms in total. The molecule has 0 aromatic heterocycles. The molecule has 0 rings (SSSR count). The van der Waals surface area contributed by atoms with Crippen LogP contribution in [0.5, 0.6) is 0 Å². The molecular weight excluding hydrogens is 176 g/mol. The van der Waals surface area contributed by atoms with Crippen molar-refractivity contribution in [2.75, 3.05) is 32.9 Å². The van der Waals surface area contributed by atoms with Crippen LogP contribution in [0.2, 0.25) is 0 Å². The SMILES string of the molecule is [2H]C(C)C(CO)(CO)CO.[2H]OC([2H])([2H])C([2H])([2H])O[2H]. The van der Waals surface area contributed by atoms with E-state index >= 15 is 0 Å². The molecule has 1 atom stereocenters. The van der Waals surface area contributed by atoms with Crippen molar-refractivity contribution in [2.45, 2.75) is 13.3 Å². The van der Waals surface area contributed by atoms with Gasteiger partial charge in [-0.2, -0.15) is 0 Å². The zero-order chi connectivity index (χ0) is 16.6. The summed E-state index contributed by atoms with van der Waals surface area (Å²) in [6.45, 7) is -5.38. The van der Waals surface area contributed by atoms with Gasteiger partial charge < -0.3 is 25.5 Å². The summed E-state index contributed by atoms with van der Waals surface area (Å²) in [6, 6.07) is 0. The second-order valence-electron chi connectivity index (χ2n) is 2.33.